The van der Waals surface area contributed by atoms with E-state index >= 15 is 0 Å². The van der Waals surface area contributed by atoms with Crippen LogP contribution in [0.5, 0.6) is 5.75 Å². The summed E-state index contributed by atoms with van der Waals surface area (Å²) in [6, 6.07) is 7.96. The highest BCUT2D eigenvalue weighted by Gasteiger charge is 2.29. The van der Waals surface area contributed by atoms with Crippen molar-refractivity contribution in [2.24, 2.45) is 0 Å². The average Bonchev–Trinajstić information content (AvgIpc) is 3.13. The minimum Gasteiger partial charge on any atom is -0.496 e. The summed E-state index contributed by atoms with van der Waals surface area (Å²) in [5.74, 6) is 0.815. The number of likely N-dealkylation sites (tertiary alicyclic amines) is 2. The van der Waals surface area contributed by atoms with E-state index in [-0.39, 0.29) is 18.3 Å². The molecule has 1 unspecified atom stereocenters. The lowest BCUT2D eigenvalue weighted by Gasteiger charge is -2.37. The zero-order valence-corrected chi connectivity index (χ0v) is 15.4. The Bertz CT molecular complexity index is 532. The van der Waals surface area contributed by atoms with Crippen LogP contribution in [0, 0.1) is 0 Å². The normalized spacial score (nSPS) is 21.4. The lowest BCUT2D eigenvalue weighted by molar-refractivity contribution is 0.0584. The van der Waals surface area contributed by atoms with Crippen LogP contribution >= 0.6 is 12.4 Å². The summed E-state index contributed by atoms with van der Waals surface area (Å²) in [7, 11) is 1.63. The third-order valence-corrected chi connectivity index (χ3v) is 5.20. The first-order valence-electron chi connectivity index (χ1n) is 8.96. The summed E-state index contributed by atoms with van der Waals surface area (Å²) >= 11 is 0. The molecule has 0 bridgehead atoms. The third-order valence-electron chi connectivity index (χ3n) is 5.20. The molecular weight excluding hydrogens is 324 g/mol. The molecule has 134 valence electrons. The Morgan fingerprint density at radius 3 is 2.58 bits per heavy atom. The van der Waals surface area contributed by atoms with Crippen molar-refractivity contribution in [3.63, 3.8) is 0 Å². The van der Waals surface area contributed by atoms with Crippen LogP contribution in [0.25, 0.3) is 0 Å². The summed E-state index contributed by atoms with van der Waals surface area (Å²) in [4.78, 5) is 17.7. The third kappa shape index (κ3) is 4.42. The zero-order chi connectivity index (χ0) is 16.1. The molecule has 1 aromatic rings. The highest BCUT2D eigenvalue weighted by atomic mass is 35.5. The fourth-order valence-corrected chi connectivity index (χ4v) is 3.88. The first kappa shape index (κ1) is 19.1. The van der Waals surface area contributed by atoms with Gasteiger partial charge >= 0.3 is 0 Å². The fourth-order valence-electron chi connectivity index (χ4n) is 3.88. The topological polar surface area (TPSA) is 32.8 Å². The van der Waals surface area contributed by atoms with Crippen molar-refractivity contribution in [3.8, 4) is 5.75 Å². The van der Waals surface area contributed by atoms with Crippen LogP contribution in [-0.2, 0) is 0 Å². The molecule has 0 radical (unpaired) electrons. The van der Waals surface area contributed by atoms with Gasteiger partial charge < -0.3 is 14.5 Å². The number of halogens is 1. The van der Waals surface area contributed by atoms with Gasteiger partial charge in [-0.3, -0.25) is 4.79 Å². The fraction of sp³-hybridized carbons (Fsp3) is 0.632. The molecule has 2 saturated heterocycles. The van der Waals surface area contributed by atoms with Gasteiger partial charge in [0.1, 0.15) is 5.75 Å². The largest absolute Gasteiger partial charge is 0.496 e. The Morgan fingerprint density at radius 1 is 1.12 bits per heavy atom. The van der Waals surface area contributed by atoms with E-state index in [1.165, 1.54) is 32.4 Å². The van der Waals surface area contributed by atoms with E-state index in [1.807, 2.05) is 24.3 Å². The van der Waals surface area contributed by atoms with Crippen molar-refractivity contribution in [3.05, 3.63) is 29.8 Å². The number of ether oxygens (including phenoxy) is 1. The van der Waals surface area contributed by atoms with Crippen molar-refractivity contribution in [2.45, 2.75) is 44.6 Å². The molecule has 0 aliphatic carbocycles. The number of carbonyl (C=O) groups is 1. The van der Waals surface area contributed by atoms with Gasteiger partial charge in [-0.25, -0.2) is 0 Å². The maximum atomic E-state index is 13.0. The molecule has 2 fully saturated rings. The van der Waals surface area contributed by atoms with E-state index in [0.717, 1.165) is 32.4 Å². The van der Waals surface area contributed by atoms with Crippen LogP contribution in [0.3, 0.4) is 0 Å². The van der Waals surface area contributed by atoms with E-state index in [4.69, 9.17) is 4.74 Å². The second-order valence-electron chi connectivity index (χ2n) is 6.69. The van der Waals surface area contributed by atoms with E-state index in [9.17, 15) is 4.79 Å². The number of rotatable bonds is 5. The molecule has 0 aromatic heterocycles. The van der Waals surface area contributed by atoms with Gasteiger partial charge in [-0.1, -0.05) is 12.1 Å². The zero-order valence-electron chi connectivity index (χ0n) is 14.6. The molecule has 2 aliphatic heterocycles. The predicted molar refractivity (Wildman–Crippen MR) is 99.2 cm³/mol. The summed E-state index contributed by atoms with van der Waals surface area (Å²) in [5.41, 5.74) is 0.697. The van der Waals surface area contributed by atoms with E-state index in [1.54, 1.807) is 7.11 Å². The number of hydrogen-bond donors (Lipinski definition) is 0. The molecule has 0 spiro atoms. The highest BCUT2D eigenvalue weighted by molar-refractivity contribution is 5.97. The van der Waals surface area contributed by atoms with Crippen molar-refractivity contribution in [1.82, 2.24) is 9.80 Å². The van der Waals surface area contributed by atoms with E-state index < -0.39 is 0 Å². The molecule has 5 heteroatoms. The number of carbonyl (C=O) groups excluding carboxylic acids is 1. The Kier molecular flexibility index (Phi) is 7.38. The lowest BCUT2D eigenvalue weighted by atomic mass is 9.97. The lowest BCUT2D eigenvalue weighted by Crippen LogP contribution is -2.45. The number of para-hydroxylation sites is 1. The smallest absolute Gasteiger partial charge is 0.257 e. The number of nitrogens with zero attached hydrogens (tertiary/aromatic N) is 2. The second kappa shape index (κ2) is 9.28. The summed E-state index contributed by atoms with van der Waals surface area (Å²) in [6.45, 7) is 4.46. The number of benzene rings is 1. The molecule has 0 N–H and O–H groups in total. The molecule has 0 saturated carbocycles. The average molecular weight is 353 g/mol. The number of piperidine rings is 1. The number of amides is 1. The van der Waals surface area contributed by atoms with Crippen molar-refractivity contribution < 1.29 is 9.53 Å². The van der Waals surface area contributed by atoms with Gasteiger partial charge in [0, 0.05) is 19.1 Å². The molecule has 1 amide bonds. The molecule has 24 heavy (non-hydrogen) atoms. The molecule has 1 atom stereocenters. The minimum atomic E-state index is 0. The standard InChI is InChI=1S/C19H28N2O2.ClH/c1-23-18-10-3-2-9-17(18)19(22)21-14-5-4-8-16(21)11-15-20-12-6-7-13-20;/h2-3,9-10,16H,4-8,11-15H2,1H3;1H. The number of methoxy groups -OCH3 is 1. The Morgan fingerprint density at radius 2 is 1.83 bits per heavy atom. The minimum absolute atomic E-state index is 0. The summed E-state index contributed by atoms with van der Waals surface area (Å²) in [5, 5.41) is 0. The first-order chi connectivity index (χ1) is 11.3. The van der Waals surface area contributed by atoms with Crippen molar-refractivity contribution >= 4 is 18.3 Å². The van der Waals surface area contributed by atoms with Gasteiger partial charge in [-0.2, -0.15) is 0 Å². The summed E-state index contributed by atoms with van der Waals surface area (Å²) in [6.07, 6.45) is 7.24. The Hall–Kier alpha value is -1.26. The van der Waals surface area contributed by atoms with Gasteiger partial charge in [0.25, 0.3) is 5.91 Å². The van der Waals surface area contributed by atoms with Crippen LogP contribution in [-0.4, -0.2) is 55.0 Å². The SMILES string of the molecule is COc1ccccc1C(=O)N1CCCCC1CCN1CCCC1.Cl. The molecule has 4 nitrogen and oxygen atoms in total. The quantitative estimate of drug-likeness (QED) is 0.811. The van der Waals surface area contributed by atoms with Crippen molar-refractivity contribution in [2.75, 3.05) is 33.3 Å². The summed E-state index contributed by atoms with van der Waals surface area (Å²) < 4.78 is 5.38. The van der Waals surface area contributed by atoms with Gasteiger partial charge in [-0.05, 0) is 63.7 Å². The Labute approximate surface area is 151 Å². The molecular formula is C19H29ClN2O2. The Balaban J connectivity index is 0.00000208. The van der Waals surface area contributed by atoms with Crippen LogP contribution < -0.4 is 4.74 Å². The first-order valence-corrected chi connectivity index (χ1v) is 8.96. The molecule has 2 heterocycles. The maximum absolute atomic E-state index is 13.0. The van der Waals surface area contributed by atoms with E-state index in [0.29, 0.717) is 17.4 Å². The van der Waals surface area contributed by atoms with Gasteiger partial charge in [0.2, 0.25) is 0 Å². The highest BCUT2D eigenvalue weighted by Crippen LogP contribution is 2.26. The van der Waals surface area contributed by atoms with E-state index in [2.05, 4.69) is 9.80 Å². The maximum Gasteiger partial charge on any atom is 0.257 e. The number of hydrogen-bond acceptors (Lipinski definition) is 3. The molecule has 3 rings (SSSR count). The van der Waals surface area contributed by atoms with Gasteiger partial charge in [-0.15, -0.1) is 12.4 Å². The molecule has 2 aliphatic rings. The van der Waals surface area contributed by atoms with Crippen LogP contribution in [0.4, 0.5) is 0 Å². The van der Waals surface area contributed by atoms with Gasteiger partial charge in [0.05, 0.1) is 12.7 Å². The predicted octanol–water partition coefficient (Wildman–Crippen LogP) is 3.60. The second-order valence-corrected chi connectivity index (χ2v) is 6.69. The van der Waals surface area contributed by atoms with Crippen LogP contribution in [0.15, 0.2) is 24.3 Å². The van der Waals surface area contributed by atoms with Crippen LogP contribution in [0.2, 0.25) is 0 Å². The monoisotopic (exact) mass is 352 g/mol. The van der Waals surface area contributed by atoms with Crippen LogP contribution in [0.1, 0.15) is 48.9 Å². The van der Waals surface area contributed by atoms with Crippen molar-refractivity contribution in [1.29, 1.82) is 0 Å². The molecule has 1 aromatic carbocycles. The van der Waals surface area contributed by atoms with Gasteiger partial charge in [0.15, 0.2) is 0 Å².